The number of ether oxygens (including phenoxy) is 3. The first-order valence-electron chi connectivity index (χ1n) is 12.9. The topological polar surface area (TPSA) is 80.3 Å². The summed E-state index contributed by atoms with van der Waals surface area (Å²) in [5.41, 5.74) is 1.61. The Morgan fingerprint density at radius 1 is 0.921 bits per heavy atom. The summed E-state index contributed by atoms with van der Waals surface area (Å²) in [6.07, 6.45) is 0. The molecule has 1 atom stereocenters. The van der Waals surface area contributed by atoms with Gasteiger partial charge in [0.15, 0.2) is 6.61 Å². The normalized spacial score (nSPS) is 14.3. The molecule has 4 rings (SSSR count). The van der Waals surface area contributed by atoms with E-state index in [2.05, 4.69) is 10.2 Å². The molecule has 0 spiro atoms. The van der Waals surface area contributed by atoms with Crippen molar-refractivity contribution in [3.8, 4) is 11.5 Å². The van der Waals surface area contributed by atoms with Crippen LogP contribution in [0.1, 0.15) is 17.2 Å². The van der Waals surface area contributed by atoms with E-state index in [9.17, 15) is 9.59 Å². The van der Waals surface area contributed by atoms with Gasteiger partial charge in [-0.15, -0.1) is 0 Å². The number of carbonyl (C=O) groups is 2. The van der Waals surface area contributed by atoms with Crippen molar-refractivity contribution >= 4 is 11.8 Å². The molecule has 0 bridgehead atoms. The van der Waals surface area contributed by atoms with Gasteiger partial charge in [-0.25, -0.2) is 0 Å². The molecule has 200 valence electrons. The minimum Gasteiger partial charge on any atom is -0.497 e. The zero-order valence-electron chi connectivity index (χ0n) is 21.8. The lowest BCUT2D eigenvalue weighted by Crippen LogP contribution is -2.47. The Bertz CT molecular complexity index is 1140. The molecule has 0 aromatic heterocycles. The van der Waals surface area contributed by atoms with E-state index < -0.39 is 6.04 Å². The fraction of sp³-hybridized carbons (Fsp3) is 0.333. The van der Waals surface area contributed by atoms with Gasteiger partial charge in [-0.1, -0.05) is 60.7 Å². The Labute approximate surface area is 224 Å². The highest BCUT2D eigenvalue weighted by atomic mass is 16.5. The van der Waals surface area contributed by atoms with Crippen molar-refractivity contribution < 1.29 is 23.8 Å². The lowest BCUT2D eigenvalue weighted by molar-refractivity contribution is -0.143. The van der Waals surface area contributed by atoms with Crippen LogP contribution in [-0.4, -0.2) is 74.7 Å². The van der Waals surface area contributed by atoms with Gasteiger partial charge in [-0.3, -0.25) is 14.5 Å². The molecule has 1 N–H and O–H groups in total. The number of rotatable bonds is 12. The second kappa shape index (κ2) is 14.2. The highest BCUT2D eigenvalue weighted by molar-refractivity contribution is 5.89. The largest absolute Gasteiger partial charge is 0.497 e. The van der Waals surface area contributed by atoms with Crippen molar-refractivity contribution in [2.24, 2.45) is 0 Å². The summed E-state index contributed by atoms with van der Waals surface area (Å²) in [4.78, 5) is 31.2. The molecule has 0 radical (unpaired) electrons. The van der Waals surface area contributed by atoms with Gasteiger partial charge in [0.05, 0.1) is 20.3 Å². The Balaban J connectivity index is 1.55. The van der Waals surface area contributed by atoms with Gasteiger partial charge in [0.2, 0.25) is 5.91 Å². The Kier molecular flexibility index (Phi) is 10.1. The van der Waals surface area contributed by atoms with Crippen LogP contribution >= 0.6 is 0 Å². The first-order valence-corrected chi connectivity index (χ1v) is 12.9. The van der Waals surface area contributed by atoms with E-state index in [1.54, 1.807) is 24.1 Å². The van der Waals surface area contributed by atoms with E-state index in [4.69, 9.17) is 14.2 Å². The summed E-state index contributed by atoms with van der Waals surface area (Å²) in [7, 11) is 1.61. The van der Waals surface area contributed by atoms with E-state index in [1.807, 2.05) is 72.8 Å². The Morgan fingerprint density at radius 3 is 2.24 bits per heavy atom. The zero-order chi connectivity index (χ0) is 26.6. The maximum absolute atomic E-state index is 13.7. The molecular formula is C30H35N3O5. The number of benzene rings is 3. The third-order valence-electron chi connectivity index (χ3n) is 6.44. The molecule has 2 amide bonds. The van der Waals surface area contributed by atoms with Gasteiger partial charge in [-0.2, -0.15) is 0 Å². The minimum atomic E-state index is -0.824. The smallest absolute Gasteiger partial charge is 0.261 e. The monoisotopic (exact) mass is 517 g/mol. The third kappa shape index (κ3) is 7.81. The fourth-order valence-electron chi connectivity index (χ4n) is 4.36. The number of carbonyl (C=O) groups excluding carboxylic acids is 2. The summed E-state index contributed by atoms with van der Waals surface area (Å²) < 4.78 is 16.5. The molecule has 0 unspecified atom stereocenters. The van der Waals surface area contributed by atoms with Gasteiger partial charge in [-0.05, 0) is 35.4 Å². The van der Waals surface area contributed by atoms with E-state index in [0.29, 0.717) is 25.5 Å². The van der Waals surface area contributed by atoms with Crippen LogP contribution in [0.5, 0.6) is 11.5 Å². The number of hydrogen-bond acceptors (Lipinski definition) is 6. The van der Waals surface area contributed by atoms with Crippen molar-refractivity contribution in [1.29, 1.82) is 0 Å². The molecule has 0 saturated carbocycles. The van der Waals surface area contributed by atoms with Crippen molar-refractivity contribution in [3.05, 3.63) is 96.1 Å². The van der Waals surface area contributed by atoms with Crippen LogP contribution in [0.25, 0.3) is 0 Å². The molecule has 8 nitrogen and oxygen atoms in total. The lowest BCUT2D eigenvalue weighted by atomic mass is 10.0. The molecule has 1 heterocycles. The maximum Gasteiger partial charge on any atom is 0.261 e. The number of nitrogens with one attached hydrogen (secondary N) is 1. The molecule has 1 aliphatic heterocycles. The molecule has 3 aromatic rings. The molecule has 1 fully saturated rings. The van der Waals surface area contributed by atoms with Crippen molar-refractivity contribution in [2.45, 2.75) is 12.6 Å². The van der Waals surface area contributed by atoms with E-state index in [1.165, 1.54) is 0 Å². The maximum atomic E-state index is 13.7. The van der Waals surface area contributed by atoms with Crippen molar-refractivity contribution in [3.63, 3.8) is 0 Å². The molecule has 1 aliphatic rings. The first kappa shape index (κ1) is 27.2. The van der Waals surface area contributed by atoms with Gasteiger partial charge in [0.25, 0.3) is 5.91 Å². The summed E-state index contributed by atoms with van der Waals surface area (Å²) in [5.74, 6) is 0.795. The predicted octanol–water partition coefficient (Wildman–Crippen LogP) is 3.29. The quantitative estimate of drug-likeness (QED) is 0.397. The SMILES string of the molecule is COc1ccc(CN(C(=O)COc2ccccc2)[C@H](C(=O)NCCN2CCOCC2)c2ccccc2)cc1. The van der Waals surface area contributed by atoms with Crippen LogP contribution in [0, 0.1) is 0 Å². The minimum absolute atomic E-state index is 0.190. The third-order valence-corrected chi connectivity index (χ3v) is 6.44. The van der Waals surface area contributed by atoms with Gasteiger partial charge in [0, 0.05) is 32.7 Å². The zero-order valence-corrected chi connectivity index (χ0v) is 21.8. The number of para-hydroxylation sites is 1. The van der Waals surface area contributed by atoms with E-state index in [0.717, 1.165) is 36.5 Å². The summed E-state index contributed by atoms with van der Waals surface area (Å²) in [6, 6.07) is 25.2. The van der Waals surface area contributed by atoms with Crippen LogP contribution in [-0.2, 0) is 20.9 Å². The van der Waals surface area contributed by atoms with E-state index >= 15 is 0 Å². The number of hydrogen-bond donors (Lipinski definition) is 1. The average Bonchev–Trinajstić information content (AvgIpc) is 2.97. The Hall–Kier alpha value is -3.88. The van der Waals surface area contributed by atoms with Crippen LogP contribution in [0.4, 0.5) is 0 Å². The van der Waals surface area contributed by atoms with Crippen LogP contribution in [0.2, 0.25) is 0 Å². The van der Waals surface area contributed by atoms with E-state index in [-0.39, 0.29) is 25.0 Å². The van der Waals surface area contributed by atoms with Gasteiger partial charge < -0.3 is 24.4 Å². The number of amides is 2. The average molecular weight is 518 g/mol. The number of nitrogens with zero attached hydrogens (tertiary/aromatic N) is 2. The molecule has 3 aromatic carbocycles. The number of methoxy groups -OCH3 is 1. The molecular weight excluding hydrogens is 482 g/mol. The fourth-order valence-corrected chi connectivity index (χ4v) is 4.36. The van der Waals surface area contributed by atoms with Crippen LogP contribution in [0.15, 0.2) is 84.9 Å². The number of morpholine rings is 1. The summed E-state index contributed by atoms with van der Waals surface area (Å²) >= 11 is 0. The van der Waals surface area contributed by atoms with Crippen LogP contribution in [0.3, 0.4) is 0 Å². The lowest BCUT2D eigenvalue weighted by Gasteiger charge is -2.32. The Morgan fingerprint density at radius 2 is 1.58 bits per heavy atom. The second-order valence-corrected chi connectivity index (χ2v) is 9.03. The molecule has 8 heteroatoms. The summed E-state index contributed by atoms with van der Waals surface area (Å²) in [5, 5.41) is 3.07. The van der Waals surface area contributed by atoms with Crippen molar-refractivity contribution in [1.82, 2.24) is 15.1 Å². The molecule has 1 saturated heterocycles. The van der Waals surface area contributed by atoms with Crippen molar-refractivity contribution in [2.75, 3.05) is 53.1 Å². The summed E-state index contributed by atoms with van der Waals surface area (Å²) in [6.45, 7) is 4.33. The van der Waals surface area contributed by atoms with Crippen LogP contribution < -0.4 is 14.8 Å². The standard InChI is InChI=1S/C30H35N3O5/c1-36-26-14-12-24(13-15-26)22-33(28(34)23-38-27-10-6-3-7-11-27)29(25-8-4-2-5-9-25)30(35)31-16-17-32-18-20-37-21-19-32/h2-15,29H,16-23H2,1H3,(H,31,35)/t29-/m0/s1. The molecule has 0 aliphatic carbocycles. The molecule has 38 heavy (non-hydrogen) atoms. The van der Waals surface area contributed by atoms with Gasteiger partial charge >= 0.3 is 0 Å². The van der Waals surface area contributed by atoms with Gasteiger partial charge in [0.1, 0.15) is 17.5 Å². The predicted molar refractivity (Wildman–Crippen MR) is 145 cm³/mol. The highest BCUT2D eigenvalue weighted by Crippen LogP contribution is 2.25. The highest BCUT2D eigenvalue weighted by Gasteiger charge is 2.32. The first-order chi connectivity index (χ1) is 18.6. The second-order valence-electron chi connectivity index (χ2n) is 9.03.